The first kappa shape index (κ1) is 31.1. The number of nitrogens with one attached hydrogen (secondary N) is 2. The van der Waals surface area contributed by atoms with E-state index in [9.17, 15) is 23.4 Å². The first-order valence-corrected chi connectivity index (χ1v) is 16.7. The summed E-state index contributed by atoms with van der Waals surface area (Å²) in [5.74, 6) is -2.60. The Morgan fingerprint density at radius 2 is 1.71 bits per heavy atom. The molecule has 2 aromatic rings. The summed E-state index contributed by atoms with van der Waals surface area (Å²) < 4.78 is 91.6. The maximum Gasteiger partial charge on any atom is 0.264 e. The number of alkyl halides is 1. The van der Waals surface area contributed by atoms with E-state index in [1.54, 1.807) is 0 Å². The number of hydrogen-bond acceptors (Lipinski definition) is 16. The number of anilines is 1. The Kier molecular flexibility index (Phi) is 7.83. The van der Waals surface area contributed by atoms with Crippen molar-refractivity contribution in [1.82, 2.24) is 35.1 Å². The zero-order valence-corrected chi connectivity index (χ0v) is 24.7. The van der Waals surface area contributed by atoms with E-state index in [0.717, 1.165) is 12.5 Å². The number of fused-ring (bicyclic) bond motifs is 4. The van der Waals surface area contributed by atoms with Crippen molar-refractivity contribution in [3.05, 3.63) is 24.7 Å². The minimum atomic E-state index is -4.61. The third-order valence-corrected chi connectivity index (χ3v) is 10.1. The lowest BCUT2D eigenvalue weighted by Gasteiger charge is -2.37. The van der Waals surface area contributed by atoms with Crippen LogP contribution in [0.3, 0.4) is 0 Å². The van der Waals surface area contributed by atoms with Gasteiger partial charge in [0.25, 0.3) is 14.9 Å². The molecule has 5 aliphatic heterocycles. The topological polar surface area (TPSA) is 224 Å². The average Bonchev–Trinajstić information content (AvgIpc) is 3.71. The first-order valence-electron chi connectivity index (χ1n) is 13.5. The number of aromatic nitrogens is 4. The van der Waals surface area contributed by atoms with Crippen LogP contribution in [0.1, 0.15) is 6.23 Å². The fourth-order valence-corrected chi connectivity index (χ4v) is 7.94. The lowest BCUT2D eigenvalue weighted by Crippen LogP contribution is -2.61. The third-order valence-electron chi connectivity index (χ3n) is 7.97. The molecule has 7 rings (SSSR count). The summed E-state index contributed by atoms with van der Waals surface area (Å²) in [5.41, 5.74) is 6.10. The highest BCUT2D eigenvalue weighted by molar-refractivity contribution is 7.79. The number of rotatable bonds is 2. The van der Waals surface area contributed by atoms with Crippen molar-refractivity contribution in [3.8, 4) is 0 Å². The average molecular weight is 670 g/mol. The number of amides is 1. The van der Waals surface area contributed by atoms with Crippen LogP contribution < -0.4 is 16.4 Å². The number of aliphatic hydroxyl groups is 1. The van der Waals surface area contributed by atoms with Crippen LogP contribution in [0.4, 0.5) is 14.6 Å². The van der Waals surface area contributed by atoms with Crippen molar-refractivity contribution >= 4 is 53.0 Å². The summed E-state index contributed by atoms with van der Waals surface area (Å²) in [6.45, 7) is -1.43. The van der Waals surface area contributed by atoms with Crippen molar-refractivity contribution in [2.75, 3.05) is 25.6 Å². The summed E-state index contributed by atoms with van der Waals surface area (Å²) in [4.78, 5) is 25.4. The molecule has 0 aromatic carbocycles. The molecule has 4 saturated heterocycles. The van der Waals surface area contributed by atoms with Gasteiger partial charge < -0.3 is 48.6 Å². The van der Waals surface area contributed by atoms with E-state index < -0.39 is 101 Å². The predicted octanol–water partition coefficient (Wildman–Crippen LogP) is -1.15. The molecule has 5 N–H and O–H groups in total. The lowest BCUT2D eigenvalue weighted by molar-refractivity contribution is -0.133. The number of carbonyl (C=O) groups is 1. The van der Waals surface area contributed by atoms with Gasteiger partial charge in [0.05, 0.1) is 26.2 Å². The molecule has 0 saturated carbocycles. The fraction of sp³-hybridized carbons (Fsp3) is 0.619. The van der Waals surface area contributed by atoms with Crippen molar-refractivity contribution in [2.24, 2.45) is 5.92 Å². The molecule has 4 fully saturated rings. The second kappa shape index (κ2) is 11.3. The van der Waals surface area contributed by atoms with Crippen LogP contribution in [-0.2, 0) is 41.5 Å². The number of imidazole rings is 1. The summed E-state index contributed by atoms with van der Waals surface area (Å²) in [7, 11) is 2.49. The van der Waals surface area contributed by atoms with Gasteiger partial charge in [-0.2, -0.15) is 0 Å². The van der Waals surface area contributed by atoms with Crippen molar-refractivity contribution in [3.63, 3.8) is 0 Å². The summed E-state index contributed by atoms with van der Waals surface area (Å²) in [5, 5.41) is 16.6. The van der Waals surface area contributed by atoms with Gasteiger partial charge in [-0.15, -0.1) is 0 Å². The van der Waals surface area contributed by atoms with Crippen LogP contribution in [0.15, 0.2) is 24.7 Å². The number of halogens is 2. The first-order chi connectivity index (χ1) is 21.3. The van der Waals surface area contributed by atoms with E-state index in [1.807, 2.05) is 0 Å². The number of nitrogens with two attached hydrogens (primary N) is 1. The number of nitrogens with zero attached hydrogens (tertiary/aromatic N) is 5. The molecule has 0 spiro atoms. The summed E-state index contributed by atoms with van der Waals surface area (Å²) in [6, 6.07) is 0. The normalized spacial score (nSPS) is 43.9. The van der Waals surface area contributed by atoms with E-state index in [-0.39, 0.29) is 23.7 Å². The third kappa shape index (κ3) is 5.50. The van der Waals surface area contributed by atoms with Crippen LogP contribution in [-0.4, -0.2) is 120 Å². The zero-order chi connectivity index (χ0) is 31.8. The number of ether oxygens (including phenoxy) is 2. The van der Waals surface area contributed by atoms with Gasteiger partial charge in [-0.1, -0.05) is 0 Å². The largest absolute Gasteiger partial charge is 0.386 e. The summed E-state index contributed by atoms with van der Waals surface area (Å²) in [6.07, 6.45) is -10.4. The minimum Gasteiger partial charge on any atom is -0.386 e. The maximum atomic E-state index is 15.9. The number of hydrogen-bond donors (Lipinski definition) is 4. The van der Waals surface area contributed by atoms with Crippen LogP contribution >= 0.6 is 14.9 Å². The van der Waals surface area contributed by atoms with Gasteiger partial charge in [-0.3, -0.25) is 23.8 Å². The molecular weight excluding hydrogens is 646 g/mol. The van der Waals surface area contributed by atoms with Gasteiger partial charge in [-0.25, -0.2) is 23.7 Å². The SMILES string of the molecule is [B][P@]1(=O)OC[C@H]2O[C@@H](n3cnc4c(N)ncnc43)[C@@H](F)C2O[P@@]([B])(=O)OC[C@H]2O[C@@H](N3C=C(F)C4C(=O)NCNC43)[C@@H](O)C2O1. The highest BCUT2D eigenvalue weighted by atomic mass is 31.2. The Morgan fingerprint density at radius 3 is 2.44 bits per heavy atom. The maximum absolute atomic E-state index is 15.9. The molecule has 45 heavy (non-hydrogen) atoms. The lowest BCUT2D eigenvalue weighted by atomic mass is 10.0. The van der Waals surface area contributed by atoms with Gasteiger partial charge in [0.15, 0.2) is 30.1 Å². The molecular formula is C21H24B2F2N8O10P2. The van der Waals surface area contributed by atoms with Crippen LogP contribution in [0.5, 0.6) is 0 Å². The van der Waals surface area contributed by atoms with Crippen LogP contribution in [0.25, 0.3) is 11.2 Å². The highest BCUT2D eigenvalue weighted by Gasteiger charge is 2.56. The molecule has 1 amide bonds. The number of nitrogen functional groups attached to an aromatic ring is 1. The van der Waals surface area contributed by atoms with Gasteiger partial charge in [0.2, 0.25) is 21.0 Å². The molecule has 4 radical (unpaired) electrons. The molecule has 238 valence electrons. The minimum absolute atomic E-state index is 0.00607. The quantitative estimate of drug-likeness (QED) is 0.219. The smallest absolute Gasteiger partial charge is 0.264 e. The molecule has 0 aliphatic carbocycles. The number of carbonyl (C=O) groups excluding carboxylic acids is 1. The second-order valence-corrected chi connectivity index (χ2v) is 13.9. The Bertz CT molecular complexity index is 1640. The van der Waals surface area contributed by atoms with E-state index in [2.05, 4.69) is 25.6 Å². The Labute approximate surface area is 255 Å². The number of aliphatic hydroxyl groups excluding tert-OH is 1. The Hall–Kier alpha value is -2.51. The molecule has 2 aromatic heterocycles. The zero-order valence-electron chi connectivity index (χ0n) is 22.9. The van der Waals surface area contributed by atoms with Crippen molar-refractivity contribution < 1.29 is 55.4 Å². The Morgan fingerprint density at radius 1 is 1.04 bits per heavy atom. The summed E-state index contributed by atoms with van der Waals surface area (Å²) >= 11 is 0. The molecule has 12 atom stereocenters. The molecule has 5 aliphatic rings. The fourth-order valence-electron chi connectivity index (χ4n) is 5.92. The second-order valence-electron chi connectivity index (χ2n) is 10.8. The molecule has 18 nitrogen and oxygen atoms in total. The standard InChI is InChI=1S/C21H24B2F2N8O10P2/c22-44(36)39-3-9-15(13(34)21(41-9)32-1-7(24)10-17(32)28-5-30-19(10)35)43-45(23,37)38-2-8-14(42-44)11(25)20(40-8)33-6-31-12-16(26)27-4-29-18(12)33/h1,4,6,8-11,13-15,17,20-21,28,34H,2-3,5H2,(H,30,35)(H2,26,27,29)/t8-,9-,10?,11+,13+,14?,15?,17?,20-,21-,44+,45+/m1/s1. The van der Waals surface area contributed by atoms with Gasteiger partial charge in [0, 0.05) is 6.20 Å². The van der Waals surface area contributed by atoms with Gasteiger partial charge in [0.1, 0.15) is 60.3 Å². The van der Waals surface area contributed by atoms with Crippen LogP contribution in [0, 0.1) is 5.92 Å². The van der Waals surface area contributed by atoms with E-state index in [4.69, 9.17) is 48.4 Å². The Balaban J connectivity index is 1.13. The van der Waals surface area contributed by atoms with Crippen LogP contribution in [0.2, 0.25) is 0 Å². The highest BCUT2D eigenvalue weighted by Crippen LogP contribution is 2.53. The monoisotopic (exact) mass is 670 g/mol. The molecule has 4 unspecified atom stereocenters. The predicted molar refractivity (Wildman–Crippen MR) is 146 cm³/mol. The van der Waals surface area contributed by atoms with Crippen molar-refractivity contribution in [2.45, 2.75) is 55.3 Å². The molecule has 7 heterocycles. The van der Waals surface area contributed by atoms with E-state index in [0.29, 0.717) is 0 Å². The van der Waals surface area contributed by atoms with E-state index >= 15 is 4.39 Å². The molecule has 24 heteroatoms. The molecule has 0 bridgehead atoms. The van der Waals surface area contributed by atoms with Gasteiger partial charge in [-0.05, 0) is 0 Å². The van der Waals surface area contributed by atoms with Crippen molar-refractivity contribution in [1.29, 1.82) is 0 Å². The van der Waals surface area contributed by atoms with Gasteiger partial charge >= 0.3 is 0 Å². The van der Waals surface area contributed by atoms with E-state index in [1.165, 1.54) is 15.8 Å².